The first kappa shape index (κ1) is 20.4. The minimum atomic E-state index is -0.473. The summed E-state index contributed by atoms with van der Waals surface area (Å²) in [5, 5.41) is 14.1. The van der Waals surface area contributed by atoms with E-state index in [2.05, 4.69) is 15.5 Å². The molecule has 0 aliphatic rings. The molecule has 158 valence electrons. The molecule has 0 aliphatic heterocycles. The van der Waals surface area contributed by atoms with E-state index in [1.54, 1.807) is 48.2 Å². The summed E-state index contributed by atoms with van der Waals surface area (Å²) < 4.78 is 4.00. The fourth-order valence-corrected chi connectivity index (χ4v) is 3.40. The molecule has 10 heteroatoms. The quantitative estimate of drug-likeness (QED) is 0.367. The van der Waals surface area contributed by atoms with Crippen LogP contribution in [0.25, 0.3) is 11.2 Å². The van der Waals surface area contributed by atoms with Crippen molar-refractivity contribution in [2.45, 2.75) is 6.54 Å². The van der Waals surface area contributed by atoms with Crippen LogP contribution < -0.4 is 16.7 Å². The van der Waals surface area contributed by atoms with Gasteiger partial charge in [-0.3, -0.25) is 18.5 Å². The lowest BCUT2D eigenvalue weighted by molar-refractivity contribution is 0.475. The van der Waals surface area contributed by atoms with Crippen LogP contribution in [0.3, 0.4) is 0 Å². The fourth-order valence-electron chi connectivity index (χ4n) is 3.21. The Morgan fingerprint density at radius 3 is 2.52 bits per heavy atom. The number of halogens is 1. The molecule has 2 heterocycles. The van der Waals surface area contributed by atoms with Crippen molar-refractivity contribution in [2.75, 3.05) is 5.43 Å². The minimum absolute atomic E-state index is 0.156. The highest BCUT2D eigenvalue weighted by atomic mass is 35.5. The topological polar surface area (TPSA) is 106 Å². The maximum atomic E-state index is 12.9. The van der Waals surface area contributed by atoms with Crippen molar-refractivity contribution in [1.82, 2.24) is 18.7 Å². The van der Waals surface area contributed by atoms with Gasteiger partial charge in [-0.15, -0.1) is 0 Å². The number of aryl methyl sites for hydroxylation is 1. The first-order valence-corrected chi connectivity index (χ1v) is 9.72. The first-order chi connectivity index (χ1) is 14.9. The van der Waals surface area contributed by atoms with E-state index in [4.69, 9.17) is 11.6 Å². The van der Waals surface area contributed by atoms with E-state index >= 15 is 0 Å². The zero-order chi connectivity index (χ0) is 22.1. The number of phenolic OH excluding ortho intramolecular Hbond substituents is 1. The largest absolute Gasteiger partial charge is 0.508 e. The Bertz CT molecular complexity index is 1420. The highest BCUT2D eigenvalue weighted by molar-refractivity contribution is 6.31. The monoisotopic (exact) mass is 438 g/mol. The molecular weight excluding hydrogens is 420 g/mol. The molecule has 0 amide bonds. The number of aromatic hydroxyl groups is 1. The van der Waals surface area contributed by atoms with Crippen LogP contribution in [0.2, 0.25) is 5.02 Å². The molecule has 4 rings (SSSR count). The van der Waals surface area contributed by atoms with Crippen LogP contribution in [0, 0.1) is 0 Å². The van der Waals surface area contributed by atoms with Crippen molar-refractivity contribution in [1.29, 1.82) is 0 Å². The van der Waals surface area contributed by atoms with Gasteiger partial charge in [0.25, 0.3) is 5.56 Å². The summed E-state index contributed by atoms with van der Waals surface area (Å²) in [5.41, 5.74) is 3.94. The van der Waals surface area contributed by atoms with Gasteiger partial charge in [0.2, 0.25) is 5.95 Å². The summed E-state index contributed by atoms with van der Waals surface area (Å²) in [6, 6.07) is 13.8. The van der Waals surface area contributed by atoms with Crippen molar-refractivity contribution in [3.8, 4) is 5.75 Å². The molecule has 2 aromatic heterocycles. The van der Waals surface area contributed by atoms with Crippen molar-refractivity contribution in [3.63, 3.8) is 0 Å². The molecule has 0 radical (unpaired) electrons. The van der Waals surface area contributed by atoms with E-state index in [1.165, 1.54) is 11.6 Å². The number of nitrogens with one attached hydrogen (secondary N) is 1. The molecule has 31 heavy (non-hydrogen) atoms. The summed E-state index contributed by atoms with van der Waals surface area (Å²) in [7, 11) is 2.98. The molecule has 0 spiro atoms. The molecule has 0 saturated carbocycles. The smallest absolute Gasteiger partial charge is 0.332 e. The third-order valence-corrected chi connectivity index (χ3v) is 5.27. The number of hydrogen-bond acceptors (Lipinski definition) is 6. The van der Waals surface area contributed by atoms with Gasteiger partial charge in [-0.05, 0) is 41.5 Å². The number of imidazole rings is 1. The number of nitrogens with zero attached hydrogens (tertiary/aromatic N) is 5. The maximum Gasteiger partial charge on any atom is 0.332 e. The normalized spacial score (nSPS) is 11.5. The number of hydrazone groups is 1. The van der Waals surface area contributed by atoms with Crippen molar-refractivity contribution >= 4 is 34.9 Å². The molecule has 2 aromatic carbocycles. The third-order valence-electron chi connectivity index (χ3n) is 4.91. The van der Waals surface area contributed by atoms with Gasteiger partial charge in [0.1, 0.15) is 5.75 Å². The van der Waals surface area contributed by atoms with Gasteiger partial charge in [0.05, 0.1) is 12.8 Å². The first-order valence-electron chi connectivity index (χ1n) is 9.34. The zero-order valence-corrected chi connectivity index (χ0v) is 17.5. The highest BCUT2D eigenvalue weighted by Crippen LogP contribution is 2.22. The molecule has 9 nitrogen and oxygen atoms in total. The van der Waals surface area contributed by atoms with E-state index in [-0.39, 0.29) is 29.4 Å². The SMILES string of the molecule is Cn1c(=O)c2c(nc(NN=Cc3ccc(O)cc3)n2Cc2ccccc2Cl)n(C)c1=O. The Labute approximate surface area is 181 Å². The number of anilines is 1. The summed E-state index contributed by atoms with van der Waals surface area (Å²) in [6.45, 7) is 0.251. The Balaban J connectivity index is 1.83. The molecule has 2 N–H and O–H groups in total. The average molecular weight is 439 g/mol. The van der Waals surface area contributed by atoms with Crippen LogP contribution in [0.1, 0.15) is 11.1 Å². The highest BCUT2D eigenvalue weighted by Gasteiger charge is 2.19. The van der Waals surface area contributed by atoms with Gasteiger partial charge >= 0.3 is 5.69 Å². The maximum absolute atomic E-state index is 12.9. The Kier molecular flexibility index (Phi) is 5.35. The van der Waals surface area contributed by atoms with Crippen LogP contribution in [0.5, 0.6) is 5.75 Å². The second-order valence-electron chi connectivity index (χ2n) is 6.95. The average Bonchev–Trinajstić information content (AvgIpc) is 3.12. The van der Waals surface area contributed by atoms with Crippen molar-refractivity contribution in [3.05, 3.63) is 85.5 Å². The second kappa shape index (κ2) is 8.11. The van der Waals surface area contributed by atoms with E-state index < -0.39 is 11.2 Å². The molecular formula is C21H19ClN6O3. The third kappa shape index (κ3) is 3.82. The molecule has 0 aliphatic carbocycles. The van der Waals surface area contributed by atoms with E-state index in [0.717, 1.165) is 15.7 Å². The Morgan fingerprint density at radius 1 is 1.10 bits per heavy atom. The van der Waals surface area contributed by atoms with Crippen LogP contribution in [-0.4, -0.2) is 30.0 Å². The lowest BCUT2D eigenvalue weighted by atomic mass is 10.2. The molecule has 0 bridgehead atoms. The van der Waals surface area contributed by atoms with Crippen molar-refractivity contribution < 1.29 is 5.11 Å². The van der Waals surface area contributed by atoms with E-state index in [0.29, 0.717) is 5.02 Å². The molecule has 0 unspecified atom stereocenters. The van der Waals surface area contributed by atoms with Gasteiger partial charge in [-0.1, -0.05) is 29.8 Å². The number of hydrogen-bond donors (Lipinski definition) is 2. The predicted octanol–water partition coefficient (Wildman–Crippen LogP) is 2.29. The standard InChI is InChI=1S/C21H19ClN6O3/c1-26-18-17(19(30)27(2)21(26)31)28(12-14-5-3-4-6-16(14)22)20(24-18)25-23-11-13-7-9-15(29)10-8-13/h3-11,29H,12H2,1-2H3,(H,24,25). The van der Waals surface area contributed by atoms with Gasteiger partial charge in [-0.25, -0.2) is 10.2 Å². The minimum Gasteiger partial charge on any atom is -0.508 e. The summed E-state index contributed by atoms with van der Waals surface area (Å²) in [5.74, 6) is 0.437. The van der Waals surface area contributed by atoms with Gasteiger partial charge in [-0.2, -0.15) is 10.1 Å². The Hall–Kier alpha value is -3.85. The number of rotatable bonds is 5. The Morgan fingerprint density at radius 2 is 1.81 bits per heavy atom. The number of aromatic nitrogens is 4. The van der Waals surface area contributed by atoms with Gasteiger partial charge in [0.15, 0.2) is 11.2 Å². The lowest BCUT2D eigenvalue weighted by Gasteiger charge is -2.10. The number of benzene rings is 2. The van der Waals surface area contributed by atoms with E-state index in [9.17, 15) is 14.7 Å². The summed E-state index contributed by atoms with van der Waals surface area (Å²) >= 11 is 6.33. The van der Waals surface area contributed by atoms with Crippen molar-refractivity contribution in [2.24, 2.45) is 19.2 Å². The molecule has 4 aromatic rings. The van der Waals surface area contributed by atoms with E-state index in [1.807, 2.05) is 18.2 Å². The summed E-state index contributed by atoms with van der Waals surface area (Å²) in [6.07, 6.45) is 1.55. The van der Waals surface area contributed by atoms with Crippen LogP contribution in [0.4, 0.5) is 5.95 Å². The second-order valence-corrected chi connectivity index (χ2v) is 7.36. The van der Waals surface area contributed by atoms with Crippen LogP contribution in [0.15, 0.2) is 63.2 Å². The number of phenols is 1. The fraction of sp³-hybridized carbons (Fsp3) is 0.143. The number of fused-ring (bicyclic) bond motifs is 1. The summed E-state index contributed by atoms with van der Waals surface area (Å²) in [4.78, 5) is 29.7. The molecule has 0 fully saturated rings. The van der Waals surface area contributed by atoms with Crippen LogP contribution in [-0.2, 0) is 20.6 Å². The predicted molar refractivity (Wildman–Crippen MR) is 120 cm³/mol. The zero-order valence-electron chi connectivity index (χ0n) is 16.8. The van der Waals surface area contributed by atoms with Gasteiger partial charge < -0.3 is 5.11 Å². The molecule has 0 atom stereocenters. The molecule has 0 saturated heterocycles. The van der Waals surface area contributed by atoms with Crippen LogP contribution >= 0.6 is 11.6 Å². The van der Waals surface area contributed by atoms with Gasteiger partial charge in [0, 0.05) is 19.1 Å². The lowest BCUT2D eigenvalue weighted by Crippen LogP contribution is -2.37.